The van der Waals surface area contributed by atoms with E-state index in [1.807, 2.05) is 55.4 Å². The van der Waals surface area contributed by atoms with E-state index in [1.165, 1.54) is 71.4 Å². The molecule has 0 bridgehead atoms. The van der Waals surface area contributed by atoms with E-state index in [4.69, 9.17) is 4.74 Å². The minimum absolute atomic E-state index is 0.0906. The molecule has 0 aromatic heterocycles. The van der Waals surface area contributed by atoms with Crippen LogP contribution >= 0.6 is 0 Å². The maximum absolute atomic E-state index is 15.1. The topological polar surface area (TPSA) is 256 Å². The average molecular weight is 1110 g/mol. The van der Waals surface area contributed by atoms with E-state index in [9.17, 15) is 38.4 Å². The number of nitrogens with one attached hydrogen (secondary N) is 3. The molecule has 4 rings (SSSR count). The molecule has 0 aromatic rings. The number of hydrogen-bond donors (Lipinski definition) is 3. The van der Waals surface area contributed by atoms with Crippen LogP contribution in [0.5, 0.6) is 0 Å². The number of fused-ring (bicyclic) bond motifs is 2. The Hall–Kier alpha value is -5.83. The number of carbonyl (C=O) groups excluding carboxylic acids is 11. The Morgan fingerprint density at radius 2 is 1.22 bits per heavy atom. The van der Waals surface area contributed by atoms with Crippen molar-refractivity contribution >= 4 is 65.0 Å². The van der Waals surface area contributed by atoms with Gasteiger partial charge in [-0.05, 0) is 93.3 Å². The molecule has 0 spiro atoms. The smallest absolute Gasteiger partial charge is 0.325 e. The summed E-state index contributed by atoms with van der Waals surface area (Å²) in [5.74, 6) is -8.16. The molecule has 22 nitrogen and oxygen atoms in total. The van der Waals surface area contributed by atoms with E-state index in [0.29, 0.717) is 12.8 Å². The van der Waals surface area contributed by atoms with Gasteiger partial charge in [-0.25, -0.2) is 0 Å². The predicted octanol–water partition coefficient (Wildman–Crippen LogP) is 2.26. The van der Waals surface area contributed by atoms with Crippen molar-refractivity contribution in [3.63, 3.8) is 0 Å². The third kappa shape index (κ3) is 16.0. The molecule has 4 saturated heterocycles. The highest BCUT2D eigenvalue weighted by Crippen LogP contribution is 2.31. The van der Waals surface area contributed by atoms with Crippen molar-refractivity contribution in [2.24, 2.45) is 41.4 Å². The summed E-state index contributed by atoms with van der Waals surface area (Å²) in [5, 5.41) is 8.44. The monoisotopic (exact) mass is 1110 g/mol. The number of hydrogen-bond acceptors (Lipinski definition) is 12. The normalized spacial score (nSPS) is 29.2. The van der Waals surface area contributed by atoms with Gasteiger partial charge in [0.15, 0.2) is 0 Å². The van der Waals surface area contributed by atoms with Crippen molar-refractivity contribution in [2.45, 2.75) is 202 Å². The Morgan fingerprint density at radius 1 is 0.658 bits per heavy atom. The molecule has 0 aromatic carbocycles. The fraction of sp³-hybridized carbons (Fsp3) is 0.807. The summed E-state index contributed by atoms with van der Waals surface area (Å²) in [4.78, 5) is 169. The first-order chi connectivity index (χ1) is 36.7. The Kier molecular flexibility index (Phi) is 23.3. The first-order valence-corrected chi connectivity index (χ1v) is 28.7. The van der Waals surface area contributed by atoms with Gasteiger partial charge in [-0.15, -0.1) is 0 Å². The Labute approximate surface area is 469 Å². The summed E-state index contributed by atoms with van der Waals surface area (Å²) < 4.78 is 5.91. The van der Waals surface area contributed by atoms with Gasteiger partial charge in [-0.3, -0.25) is 52.7 Å². The van der Waals surface area contributed by atoms with Crippen LogP contribution in [-0.4, -0.2) is 214 Å². The van der Waals surface area contributed by atoms with Crippen LogP contribution in [0.2, 0.25) is 0 Å². The van der Waals surface area contributed by atoms with E-state index < -0.39 is 132 Å². The summed E-state index contributed by atoms with van der Waals surface area (Å²) in [6, 6.07) is -10.2. The largest absolute Gasteiger partial charge is 0.459 e. The number of cyclic esters (lactones) is 1. The fourth-order valence-corrected chi connectivity index (χ4v) is 12.1. The minimum Gasteiger partial charge on any atom is -0.459 e. The van der Waals surface area contributed by atoms with Crippen LogP contribution in [0.4, 0.5) is 0 Å². The number of likely N-dealkylation sites (tertiary alicyclic amines) is 1. The van der Waals surface area contributed by atoms with Crippen LogP contribution in [0.25, 0.3) is 0 Å². The molecule has 0 unspecified atom stereocenters. The van der Waals surface area contributed by atoms with Gasteiger partial charge in [0.1, 0.15) is 67.0 Å². The van der Waals surface area contributed by atoms with Crippen LogP contribution in [0, 0.1) is 41.4 Å². The molecule has 22 heteroatoms. The highest BCUT2D eigenvalue weighted by molar-refractivity contribution is 5.99. The molecular formula is C57H96N10O12. The zero-order valence-corrected chi connectivity index (χ0v) is 50.6. The molecule has 3 N–H and O–H groups in total. The molecule has 0 saturated carbocycles. The van der Waals surface area contributed by atoms with Crippen molar-refractivity contribution in [1.82, 2.24) is 50.2 Å². The van der Waals surface area contributed by atoms with Gasteiger partial charge in [0, 0.05) is 54.7 Å². The molecule has 12 atom stereocenters. The van der Waals surface area contributed by atoms with Gasteiger partial charge in [-0.1, -0.05) is 83.1 Å². The first kappa shape index (κ1) is 65.7. The third-order valence-corrected chi connectivity index (χ3v) is 16.1. The number of carbonyl (C=O) groups is 11. The molecule has 4 heterocycles. The quantitative estimate of drug-likeness (QED) is 0.238. The average Bonchev–Trinajstić information content (AvgIpc) is 4.11. The van der Waals surface area contributed by atoms with Crippen molar-refractivity contribution < 1.29 is 57.5 Å². The van der Waals surface area contributed by atoms with Crippen LogP contribution in [0.1, 0.15) is 142 Å². The number of likely N-dealkylation sites (N-methyl/N-ethyl adjacent to an activating group) is 4. The van der Waals surface area contributed by atoms with E-state index >= 15 is 14.4 Å². The van der Waals surface area contributed by atoms with Gasteiger partial charge < -0.3 is 55.0 Å². The second-order valence-corrected chi connectivity index (χ2v) is 25.1. The summed E-state index contributed by atoms with van der Waals surface area (Å²) in [5.41, 5.74) is 0. The minimum atomic E-state index is -1.63. The number of rotatable bonds is 12. The van der Waals surface area contributed by atoms with Crippen LogP contribution in [0.3, 0.4) is 0 Å². The summed E-state index contributed by atoms with van der Waals surface area (Å²) >= 11 is 0. The zero-order chi connectivity index (χ0) is 59.8. The molecular weight excluding hydrogens is 1020 g/mol. The zero-order valence-electron chi connectivity index (χ0n) is 50.6. The van der Waals surface area contributed by atoms with Gasteiger partial charge in [0.05, 0.1) is 0 Å². The Bertz CT molecular complexity index is 2260. The number of nitrogens with zero attached hydrogens (tertiary/aromatic N) is 7. The molecule has 4 aliphatic rings. The summed E-state index contributed by atoms with van der Waals surface area (Å²) in [7, 11) is 5.86. The van der Waals surface area contributed by atoms with E-state index in [2.05, 4.69) is 16.0 Å². The molecule has 4 fully saturated rings. The fourth-order valence-electron chi connectivity index (χ4n) is 12.1. The summed E-state index contributed by atoms with van der Waals surface area (Å²) in [6.45, 7) is 24.8. The lowest BCUT2D eigenvalue weighted by molar-refractivity contribution is -0.160. The van der Waals surface area contributed by atoms with Gasteiger partial charge in [-0.2, -0.15) is 0 Å². The summed E-state index contributed by atoms with van der Waals surface area (Å²) in [6.07, 6.45) is 0.259. The first-order valence-electron chi connectivity index (χ1n) is 28.7. The predicted molar refractivity (Wildman–Crippen MR) is 296 cm³/mol. The SMILES string of the molecule is CC(=O)N(C)[C@H](C(=O)N1C[C@H](C)C[C@H]1C(=O)N(C)[C@@H]1C(=O)N[C@@H](CC(C)C)C(=O)N2C[C@H](C)C[C@H]2C(=O)N[C@@H](CC(C)C)C(=O)N(C)[C@@H](C(C)C)C(=O)N2CCC[C@H]2C(=O)N(C)[C@H](CC(C)C)C(=O)NCC(=O)O[C@@H]1C)C(C)C. The van der Waals surface area contributed by atoms with Crippen molar-refractivity contribution in [2.75, 3.05) is 54.4 Å². The van der Waals surface area contributed by atoms with E-state index in [0.717, 1.165) is 4.90 Å². The van der Waals surface area contributed by atoms with Gasteiger partial charge >= 0.3 is 5.97 Å². The van der Waals surface area contributed by atoms with Gasteiger partial charge in [0.25, 0.3) is 0 Å². The standard InChI is InChI=1S/C57H96N10O12/c1-30(2)22-39-52(73)63(17)47(34(9)10)56(77)65-21-19-20-41(65)54(75)62(16)42(24-32(5)6)49(70)58-27-45(69)79-37(13)48(51(72)60-40(23-31(3)4)53(74)66-28-35(11)25-43(66)50(71)59-39)64(18)55(76)44-26-36(12)29-67(44)57(78)46(33(7)8)61(15)38(14)68/h30-37,39-44,46-48H,19-29H2,1-18H3,(H,58,70)(H,59,71)(H,60,72)/t35-,36-,37-,39+,40+,41+,42-,43+,44+,46+,47+,48+/m1/s1. The van der Waals surface area contributed by atoms with E-state index in [-0.39, 0.29) is 93.2 Å². The maximum Gasteiger partial charge on any atom is 0.325 e. The molecule has 446 valence electrons. The van der Waals surface area contributed by atoms with Crippen LogP contribution in [0.15, 0.2) is 0 Å². The molecule has 4 aliphatic heterocycles. The highest BCUT2D eigenvalue weighted by Gasteiger charge is 2.49. The molecule has 79 heavy (non-hydrogen) atoms. The lowest BCUT2D eigenvalue weighted by Gasteiger charge is -2.38. The highest BCUT2D eigenvalue weighted by atomic mass is 16.5. The third-order valence-electron chi connectivity index (χ3n) is 16.1. The van der Waals surface area contributed by atoms with Crippen molar-refractivity contribution in [3.05, 3.63) is 0 Å². The number of esters is 1. The van der Waals surface area contributed by atoms with E-state index in [1.54, 1.807) is 27.7 Å². The number of amides is 10. The van der Waals surface area contributed by atoms with Crippen LogP contribution in [-0.2, 0) is 57.5 Å². The maximum atomic E-state index is 15.1. The lowest BCUT2D eigenvalue weighted by Crippen LogP contribution is -2.62. The molecule has 10 amide bonds. The Balaban J connectivity index is 1.87. The van der Waals surface area contributed by atoms with Gasteiger partial charge in [0.2, 0.25) is 59.1 Å². The second kappa shape index (κ2) is 28.0. The lowest BCUT2D eigenvalue weighted by atomic mass is 9.97. The molecule has 0 radical (unpaired) electrons. The molecule has 0 aliphatic carbocycles. The Morgan fingerprint density at radius 3 is 1.76 bits per heavy atom. The van der Waals surface area contributed by atoms with Crippen molar-refractivity contribution in [3.8, 4) is 0 Å². The second-order valence-electron chi connectivity index (χ2n) is 25.1. The number of ether oxygens (including phenoxy) is 1. The van der Waals surface area contributed by atoms with Crippen molar-refractivity contribution in [1.29, 1.82) is 0 Å². The van der Waals surface area contributed by atoms with Crippen LogP contribution < -0.4 is 16.0 Å².